The Kier molecular flexibility index (Phi) is 10.2. The third-order valence-corrected chi connectivity index (χ3v) is 14.6. The summed E-state index contributed by atoms with van der Waals surface area (Å²) in [5.74, 6) is 0. The van der Waals surface area contributed by atoms with E-state index in [9.17, 15) is 0 Å². The topological polar surface area (TPSA) is 6.48 Å². The van der Waals surface area contributed by atoms with E-state index in [-0.39, 0.29) is 6.71 Å². The van der Waals surface area contributed by atoms with Crippen molar-refractivity contribution in [3.8, 4) is 33.4 Å². The van der Waals surface area contributed by atoms with E-state index < -0.39 is 5.41 Å². The zero-order chi connectivity index (χ0) is 46.4. The van der Waals surface area contributed by atoms with Gasteiger partial charge in [-0.05, 0) is 121 Å². The molecule has 2 aliphatic heterocycles. The van der Waals surface area contributed by atoms with Gasteiger partial charge in [-0.25, -0.2) is 0 Å². The van der Waals surface area contributed by atoms with E-state index in [1.54, 1.807) is 0 Å². The highest BCUT2D eigenvalue weighted by Crippen LogP contribution is 2.48. The summed E-state index contributed by atoms with van der Waals surface area (Å²) in [4.78, 5) is 5.01. The third-order valence-electron chi connectivity index (χ3n) is 14.6. The van der Waals surface area contributed by atoms with E-state index in [4.69, 9.17) is 0 Å². The molecule has 0 aliphatic carbocycles. The summed E-state index contributed by atoms with van der Waals surface area (Å²) in [7, 11) is 0. The average molecular weight is 891 g/mol. The summed E-state index contributed by atoms with van der Waals surface area (Å²) in [6.45, 7) is -0.0409. The quantitative estimate of drug-likeness (QED) is 0.105. The molecule has 0 fully saturated rings. The first-order valence-corrected chi connectivity index (χ1v) is 24.3. The Balaban J connectivity index is 1.04. The van der Waals surface area contributed by atoms with Crippen LogP contribution in [0.3, 0.4) is 0 Å². The molecule has 0 spiro atoms. The molecule has 0 aromatic heterocycles. The van der Waals surface area contributed by atoms with Crippen LogP contribution in [0, 0.1) is 0 Å². The molecule has 2 nitrogen and oxygen atoms in total. The van der Waals surface area contributed by atoms with Gasteiger partial charge in [0.1, 0.15) is 0 Å². The van der Waals surface area contributed by atoms with Crippen molar-refractivity contribution in [1.82, 2.24) is 0 Å². The van der Waals surface area contributed by atoms with Crippen LogP contribution in [0.5, 0.6) is 0 Å². The molecule has 0 saturated heterocycles. The first-order valence-electron chi connectivity index (χ1n) is 24.3. The highest BCUT2D eigenvalue weighted by Gasteiger charge is 2.44. The van der Waals surface area contributed by atoms with Gasteiger partial charge in [-0.15, -0.1) is 0 Å². The van der Waals surface area contributed by atoms with E-state index in [1.807, 2.05) is 0 Å². The van der Waals surface area contributed by atoms with Crippen LogP contribution >= 0.6 is 0 Å². The van der Waals surface area contributed by atoms with Gasteiger partial charge in [-0.3, -0.25) is 0 Å². The fourth-order valence-corrected chi connectivity index (χ4v) is 11.5. The van der Waals surface area contributed by atoms with Crippen molar-refractivity contribution in [2.75, 3.05) is 9.80 Å². The summed E-state index contributed by atoms with van der Waals surface area (Å²) in [6, 6.07) is 105. The second-order valence-corrected chi connectivity index (χ2v) is 18.4. The number of hydrogen-bond acceptors (Lipinski definition) is 2. The van der Waals surface area contributed by atoms with Crippen LogP contribution in [-0.2, 0) is 5.41 Å². The molecule has 13 rings (SSSR count). The molecule has 0 atom stereocenters. The van der Waals surface area contributed by atoms with Gasteiger partial charge in [0.25, 0.3) is 6.71 Å². The van der Waals surface area contributed by atoms with E-state index in [1.165, 1.54) is 94.8 Å². The Morgan fingerprint density at radius 3 is 0.957 bits per heavy atom. The summed E-state index contributed by atoms with van der Waals surface area (Å²) in [6.07, 6.45) is 0. The van der Waals surface area contributed by atoms with Crippen molar-refractivity contribution in [2.24, 2.45) is 0 Å². The van der Waals surface area contributed by atoms with Crippen LogP contribution in [0.15, 0.2) is 285 Å². The standard InChI is InChI=1S/C67H47BN2/c1-7-20-48(21-8-1)51-34-40-58(41-35-51)69-62-44-36-52(49-22-9-2-10-23-49)46-60(62)68-61-47-53(50-24-11-3-12-25-50)37-45-63(61)70(65-33-19-32-64(69)66(65)68)59-42-38-57(39-43-59)67(54-26-13-4-14-27-54,55-28-15-5-16-29-55)56-30-17-6-18-31-56/h1-47H. The van der Waals surface area contributed by atoms with E-state index >= 15 is 0 Å². The summed E-state index contributed by atoms with van der Waals surface area (Å²) in [5.41, 5.74) is 22.4. The molecule has 11 aromatic rings. The highest BCUT2D eigenvalue weighted by molar-refractivity contribution is 7.00. The minimum absolute atomic E-state index is 0.0409. The molecule has 0 N–H and O–H groups in total. The number of benzene rings is 11. The smallest absolute Gasteiger partial charge is 0.252 e. The van der Waals surface area contributed by atoms with Gasteiger partial charge in [-0.2, -0.15) is 0 Å². The van der Waals surface area contributed by atoms with Crippen molar-refractivity contribution in [2.45, 2.75) is 5.41 Å². The lowest BCUT2D eigenvalue weighted by Gasteiger charge is -2.44. The number of nitrogens with zero attached hydrogens (tertiary/aromatic N) is 2. The van der Waals surface area contributed by atoms with Crippen LogP contribution < -0.4 is 26.2 Å². The maximum Gasteiger partial charge on any atom is 0.252 e. The molecule has 0 saturated carbocycles. The molecule has 11 aromatic carbocycles. The minimum Gasteiger partial charge on any atom is -0.311 e. The molecule has 70 heavy (non-hydrogen) atoms. The van der Waals surface area contributed by atoms with E-state index in [0.717, 1.165) is 11.4 Å². The molecule has 0 bridgehead atoms. The molecule has 3 heteroatoms. The SMILES string of the molecule is c1ccc(-c2ccc(N3c4ccc(-c5ccccc5)cc4B4c5cc(-c6ccccc6)ccc5N(c5ccc(C(c6ccccc6)(c6ccccc6)c6ccccc6)cc5)c5cccc3c54)cc2)cc1. The number of anilines is 6. The lowest BCUT2D eigenvalue weighted by molar-refractivity contribution is 0.745. The van der Waals surface area contributed by atoms with Crippen molar-refractivity contribution < 1.29 is 0 Å². The number of rotatable bonds is 9. The van der Waals surface area contributed by atoms with Crippen molar-refractivity contribution in [3.63, 3.8) is 0 Å². The zero-order valence-corrected chi connectivity index (χ0v) is 38.6. The lowest BCUT2D eigenvalue weighted by atomic mass is 9.33. The molecular formula is C67H47BN2. The van der Waals surface area contributed by atoms with Gasteiger partial charge >= 0.3 is 0 Å². The van der Waals surface area contributed by atoms with E-state index in [0.29, 0.717) is 0 Å². The first kappa shape index (κ1) is 41.3. The summed E-state index contributed by atoms with van der Waals surface area (Å²) in [5, 5.41) is 0. The molecule has 2 aliphatic rings. The van der Waals surface area contributed by atoms with Gasteiger partial charge in [0.05, 0.1) is 5.41 Å². The van der Waals surface area contributed by atoms with Gasteiger partial charge in [-0.1, -0.05) is 237 Å². The van der Waals surface area contributed by atoms with Crippen molar-refractivity contribution in [3.05, 3.63) is 307 Å². The Bertz CT molecular complexity index is 3520. The van der Waals surface area contributed by atoms with Crippen LogP contribution in [0.25, 0.3) is 33.4 Å². The monoisotopic (exact) mass is 890 g/mol. The molecule has 0 amide bonds. The normalized spacial score (nSPS) is 12.5. The zero-order valence-electron chi connectivity index (χ0n) is 38.6. The van der Waals surface area contributed by atoms with E-state index in [2.05, 4.69) is 295 Å². The Hall–Kier alpha value is -8.92. The van der Waals surface area contributed by atoms with Gasteiger partial charge in [0.2, 0.25) is 0 Å². The van der Waals surface area contributed by atoms with Crippen LogP contribution in [0.4, 0.5) is 34.1 Å². The Labute approximate surface area is 411 Å². The van der Waals surface area contributed by atoms with Crippen LogP contribution in [-0.4, -0.2) is 6.71 Å². The lowest BCUT2D eigenvalue weighted by Crippen LogP contribution is -2.61. The Morgan fingerprint density at radius 1 is 0.243 bits per heavy atom. The van der Waals surface area contributed by atoms with Gasteiger partial charge in [0, 0.05) is 34.1 Å². The molecule has 0 radical (unpaired) electrons. The number of fused-ring (bicyclic) bond motifs is 4. The first-order chi connectivity index (χ1) is 34.7. The fourth-order valence-electron chi connectivity index (χ4n) is 11.5. The van der Waals surface area contributed by atoms with Crippen molar-refractivity contribution >= 4 is 57.2 Å². The molecule has 328 valence electrons. The van der Waals surface area contributed by atoms with Gasteiger partial charge in [0.15, 0.2) is 0 Å². The minimum atomic E-state index is -0.555. The molecular weight excluding hydrogens is 844 g/mol. The highest BCUT2D eigenvalue weighted by atomic mass is 15.2. The summed E-state index contributed by atoms with van der Waals surface area (Å²) >= 11 is 0. The van der Waals surface area contributed by atoms with Crippen LogP contribution in [0.1, 0.15) is 22.3 Å². The fraction of sp³-hybridized carbons (Fsp3) is 0.0149. The third kappa shape index (κ3) is 6.81. The predicted octanol–water partition coefficient (Wildman–Crippen LogP) is 15.2. The van der Waals surface area contributed by atoms with Crippen molar-refractivity contribution in [1.29, 1.82) is 0 Å². The molecule has 0 unspecified atom stereocenters. The second kappa shape index (κ2) is 17.3. The van der Waals surface area contributed by atoms with Crippen LogP contribution in [0.2, 0.25) is 0 Å². The maximum absolute atomic E-state index is 2.52. The largest absolute Gasteiger partial charge is 0.311 e. The van der Waals surface area contributed by atoms with Gasteiger partial charge < -0.3 is 9.80 Å². The second-order valence-electron chi connectivity index (χ2n) is 18.4. The predicted molar refractivity (Wildman–Crippen MR) is 295 cm³/mol. The Morgan fingerprint density at radius 2 is 0.557 bits per heavy atom. The maximum atomic E-state index is 2.52. The average Bonchev–Trinajstić information content (AvgIpc) is 3.45. The molecule has 2 heterocycles. The number of hydrogen-bond donors (Lipinski definition) is 0. The summed E-state index contributed by atoms with van der Waals surface area (Å²) < 4.78 is 0.